The number of alkyl carbamates (subject to hydrolysis) is 1. The Morgan fingerprint density at radius 2 is 2.19 bits per heavy atom. The van der Waals surface area contributed by atoms with Crippen LogP contribution in [-0.4, -0.2) is 21.2 Å². The molecule has 21 heavy (non-hydrogen) atoms. The van der Waals surface area contributed by atoms with Gasteiger partial charge in [0.1, 0.15) is 5.60 Å². The Bertz CT molecular complexity index is 490. The summed E-state index contributed by atoms with van der Waals surface area (Å²) in [6.07, 6.45) is 7.04. The summed E-state index contributed by atoms with van der Waals surface area (Å²) in [7, 11) is 0. The Kier molecular flexibility index (Phi) is 4.59. The molecule has 1 aromatic rings. The van der Waals surface area contributed by atoms with E-state index in [-0.39, 0.29) is 12.1 Å². The van der Waals surface area contributed by atoms with Crippen LogP contribution >= 0.6 is 0 Å². The Hall–Kier alpha value is -1.52. The number of carbonyl (C=O) groups excluding carboxylic acids is 1. The first-order valence-corrected chi connectivity index (χ1v) is 7.79. The maximum atomic E-state index is 11.9. The summed E-state index contributed by atoms with van der Waals surface area (Å²) in [5.41, 5.74) is 0.559. The Balaban J connectivity index is 2.05. The number of hydrogen-bond acceptors (Lipinski definition) is 3. The second-order valence-corrected chi connectivity index (χ2v) is 7.07. The Labute approximate surface area is 127 Å². The maximum Gasteiger partial charge on any atom is 0.408 e. The van der Waals surface area contributed by atoms with Crippen molar-refractivity contribution in [1.82, 2.24) is 14.9 Å². The molecule has 1 aliphatic rings. The third-order valence-electron chi connectivity index (χ3n) is 4.05. The van der Waals surface area contributed by atoms with Crippen molar-refractivity contribution in [1.29, 1.82) is 0 Å². The lowest BCUT2D eigenvalue weighted by Gasteiger charge is -2.25. The van der Waals surface area contributed by atoms with E-state index < -0.39 is 5.60 Å². The quantitative estimate of drug-likeness (QED) is 0.921. The number of carbonyl (C=O) groups is 1. The van der Waals surface area contributed by atoms with Crippen molar-refractivity contribution in [3.05, 3.63) is 18.2 Å². The van der Waals surface area contributed by atoms with E-state index >= 15 is 0 Å². The molecule has 2 rings (SSSR count). The minimum absolute atomic E-state index is 0.116. The van der Waals surface area contributed by atoms with Gasteiger partial charge in [-0.1, -0.05) is 13.3 Å². The molecule has 1 aliphatic carbocycles. The molecular formula is C16H27N3O2. The summed E-state index contributed by atoms with van der Waals surface area (Å²) < 4.78 is 7.54. The first-order valence-electron chi connectivity index (χ1n) is 7.79. The number of rotatable bonds is 3. The first kappa shape index (κ1) is 15.9. The summed E-state index contributed by atoms with van der Waals surface area (Å²) in [5, 5.41) is 2.90. The first-order chi connectivity index (χ1) is 9.78. The number of nitrogens with one attached hydrogen (secondary N) is 1. The van der Waals surface area contributed by atoms with E-state index in [2.05, 4.69) is 21.8 Å². The summed E-state index contributed by atoms with van der Waals surface area (Å²) in [6, 6.07) is 0.375. The van der Waals surface area contributed by atoms with Gasteiger partial charge in [-0.3, -0.25) is 0 Å². The zero-order valence-corrected chi connectivity index (χ0v) is 13.7. The van der Waals surface area contributed by atoms with Crippen molar-refractivity contribution in [3.63, 3.8) is 0 Å². The monoisotopic (exact) mass is 293 g/mol. The molecule has 3 unspecified atom stereocenters. The van der Waals surface area contributed by atoms with Crippen molar-refractivity contribution < 1.29 is 9.53 Å². The molecule has 1 saturated carbocycles. The molecule has 1 aromatic heterocycles. The Morgan fingerprint density at radius 1 is 1.48 bits per heavy atom. The lowest BCUT2D eigenvalue weighted by Crippen LogP contribution is -2.35. The lowest BCUT2D eigenvalue weighted by atomic mass is 10.1. The van der Waals surface area contributed by atoms with Crippen LogP contribution < -0.4 is 5.32 Å². The number of amides is 1. The minimum Gasteiger partial charge on any atom is -0.444 e. The van der Waals surface area contributed by atoms with Crippen LogP contribution in [0.4, 0.5) is 4.79 Å². The molecule has 1 fully saturated rings. The average Bonchev–Trinajstić information content (AvgIpc) is 2.93. The highest BCUT2D eigenvalue weighted by atomic mass is 16.6. The van der Waals surface area contributed by atoms with Crippen LogP contribution in [0.3, 0.4) is 0 Å². The van der Waals surface area contributed by atoms with Crippen LogP contribution in [0.1, 0.15) is 71.7 Å². The van der Waals surface area contributed by atoms with Crippen LogP contribution in [0.2, 0.25) is 0 Å². The van der Waals surface area contributed by atoms with Crippen molar-refractivity contribution in [2.45, 2.75) is 71.6 Å². The smallest absolute Gasteiger partial charge is 0.408 e. The van der Waals surface area contributed by atoms with E-state index in [4.69, 9.17) is 4.74 Å². The number of hydrogen-bond donors (Lipinski definition) is 1. The molecule has 0 aliphatic heterocycles. The predicted octanol–water partition coefficient (Wildman–Crippen LogP) is 3.83. The van der Waals surface area contributed by atoms with Gasteiger partial charge in [-0.15, -0.1) is 0 Å². The fourth-order valence-electron chi connectivity index (χ4n) is 3.02. The molecule has 0 bridgehead atoms. The van der Waals surface area contributed by atoms with E-state index in [1.807, 2.05) is 40.2 Å². The van der Waals surface area contributed by atoms with Crippen molar-refractivity contribution in [2.24, 2.45) is 5.92 Å². The van der Waals surface area contributed by atoms with Crippen LogP contribution in [-0.2, 0) is 4.74 Å². The fraction of sp³-hybridized carbons (Fsp3) is 0.750. The van der Waals surface area contributed by atoms with Gasteiger partial charge in [0.05, 0.1) is 24.3 Å². The summed E-state index contributed by atoms with van der Waals surface area (Å²) in [6.45, 7) is 9.84. The second kappa shape index (κ2) is 6.08. The lowest BCUT2D eigenvalue weighted by molar-refractivity contribution is 0.0505. The highest BCUT2D eigenvalue weighted by Crippen LogP contribution is 2.36. The van der Waals surface area contributed by atoms with Gasteiger partial charge >= 0.3 is 6.09 Å². The fourth-order valence-corrected chi connectivity index (χ4v) is 3.02. The molecule has 0 spiro atoms. The van der Waals surface area contributed by atoms with Gasteiger partial charge in [0.15, 0.2) is 0 Å². The highest BCUT2D eigenvalue weighted by Gasteiger charge is 2.28. The minimum atomic E-state index is -0.482. The molecule has 3 atom stereocenters. The molecule has 1 heterocycles. The molecule has 0 aromatic carbocycles. The molecular weight excluding hydrogens is 266 g/mol. The van der Waals surface area contributed by atoms with Gasteiger partial charge in [-0.2, -0.15) is 0 Å². The summed E-state index contributed by atoms with van der Waals surface area (Å²) in [5.74, 6) is 0.659. The van der Waals surface area contributed by atoms with Gasteiger partial charge < -0.3 is 14.6 Å². The van der Waals surface area contributed by atoms with Crippen LogP contribution in [0, 0.1) is 5.92 Å². The third kappa shape index (κ3) is 3.99. The van der Waals surface area contributed by atoms with Crippen LogP contribution in [0.5, 0.6) is 0 Å². The van der Waals surface area contributed by atoms with Crippen molar-refractivity contribution in [2.75, 3.05) is 0 Å². The Morgan fingerprint density at radius 3 is 2.76 bits per heavy atom. The topological polar surface area (TPSA) is 56.1 Å². The van der Waals surface area contributed by atoms with Crippen molar-refractivity contribution in [3.8, 4) is 0 Å². The zero-order chi connectivity index (χ0) is 15.6. The van der Waals surface area contributed by atoms with Crippen LogP contribution in [0.25, 0.3) is 0 Å². The summed E-state index contributed by atoms with van der Waals surface area (Å²) >= 11 is 0. The number of imidazole rings is 1. The normalized spacial score (nSPS) is 23.9. The van der Waals surface area contributed by atoms with Crippen LogP contribution in [0.15, 0.2) is 12.5 Å². The second-order valence-electron chi connectivity index (χ2n) is 7.07. The van der Waals surface area contributed by atoms with Gasteiger partial charge in [0.2, 0.25) is 0 Å². The maximum absolute atomic E-state index is 11.9. The number of nitrogens with zero attached hydrogens (tertiary/aromatic N) is 2. The predicted molar refractivity (Wildman–Crippen MR) is 82.1 cm³/mol. The van der Waals surface area contributed by atoms with Gasteiger partial charge in [0, 0.05) is 6.04 Å². The molecule has 0 saturated heterocycles. The highest BCUT2D eigenvalue weighted by molar-refractivity contribution is 5.68. The van der Waals surface area contributed by atoms with E-state index in [1.165, 1.54) is 19.3 Å². The largest absolute Gasteiger partial charge is 0.444 e. The molecule has 0 radical (unpaired) electrons. The standard InChI is InChI=1S/C16H27N3O2/c1-11-7-6-8-13(11)19-10-17-9-14(19)12(2)18-15(20)21-16(3,4)5/h9-13H,6-8H2,1-5H3,(H,18,20). The number of aromatic nitrogens is 2. The SMILES string of the molecule is CC(NC(=O)OC(C)(C)C)c1cncn1C1CCCC1C. The molecule has 5 heteroatoms. The van der Waals surface area contributed by atoms with Gasteiger partial charge in [-0.25, -0.2) is 9.78 Å². The van der Waals surface area contributed by atoms with Gasteiger partial charge in [0.25, 0.3) is 0 Å². The molecule has 5 nitrogen and oxygen atoms in total. The van der Waals surface area contributed by atoms with E-state index in [0.717, 1.165) is 5.69 Å². The molecule has 118 valence electrons. The average molecular weight is 293 g/mol. The molecule has 1 N–H and O–H groups in total. The van der Waals surface area contributed by atoms with E-state index in [9.17, 15) is 4.79 Å². The summed E-state index contributed by atoms with van der Waals surface area (Å²) in [4.78, 5) is 16.2. The number of ether oxygens (including phenoxy) is 1. The molecule has 1 amide bonds. The van der Waals surface area contributed by atoms with Gasteiger partial charge in [-0.05, 0) is 46.5 Å². The van der Waals surface area contributed by atoms with Crippen molar-refractivity contribution >= 4 is 6.09 Å². The zero-order valence-electron chi connectivity index (χ0n) is 13.7. The van der Waals surface area contributed by atoms with E-state index in [0.29, 0.717) is 12.0 Å². The third-order valence-corrected chi connectivity index (χ3v) is 4.05. The van der Waals surface area contributed by atoms with E-state index in [1.54, 1.807) is 0 Å².